The number of nitrogens with zero attached hydrogens (tertiary/aromatic N) is 2. The lowest BCUT2D eigenvalue weighted by molar-refractivity contribution is 0.399. The van der Waals surface area contributed by atoms with Gasteiger partial charge in [0.15, 0.2) is 0 Å². The molecule has 1 aromatic rings. The van der Waals surface area contributed by atoms with E-state index in [2.05, 4.69) is 51.5 Å². The van der Waals surface area contributed by atoms with E-state index < -0.39 is 0 Å². The summed E-state index contributed by atoms with van der Waals surface area (Å²) in [5.74, 6) is 1.45. The van der Waals surface area contributed by atoms with Gasteiger partial charge in [-0.1, -0.05) is 27.7 Å². The third-order valence-corrected chi connectivity index (χ3v) is 3.11. The SMILES string of the molecule is Cc1nc(CC(C)(C)C)nc(C)c1CC(C)CN. The Morgan fingerprint density at radius 2 is 1.61 bits per heavy atom. The molecule has 1 aromatic heterocycles. The van der Waals surface area contributed by atoms with Crippen LogP contribution in [0.25, 0.3) is 0 Å². The molecule has 0 amide bonds. The van der Waals surface area contributed by atoms with E-state index in [1.165, 1.54) is 5.56 Å². The lowest BCUT2D eigenvalue weighted by Gasteiger charge is -2.19. The van der Waals surface area contributed by atoms with Crippen LogP contribution in [0.4, 0.5) is 0 Å². The Morgan fingerprint density at radius 1 is 1.11 bits per heavy atom. The van der Waals surface area contributed by atoms with E-state index in [1.54, 1.807) is 0 Å². The molecule has 0 spiro atoms. The zero-order valence-electron chi connectivity index (χ0n) is 12.7. The quantitative estimate of drug-likeness (QED) is 0.892. The molecule has 0 saturated heterocycles. The molecular weight excluding hydrogens is 222 g/mol. The van der Waals surface area contributed by atoms with Crippen LogP contribution in [0.1, 0.15) is 50.5 Å². The van der Waals surface area contributed by atoms with Crippen LogP contribution in [0.2, 0.25) is 0 Å². The first-order chi connectivity index (χ1) is 8.23. The molecule has 1 unspecified atom stereocenters. The molecule has 0 aliphatic rings. The van der Waals surface area contributed by atoms with Gasteiger partial charge in [0.25, 0.3) is 0 Å². The summed E-state index contributed by atoms with van der Waals surface area (Å²) in [5, 5.41) is 0. The average molecular weight is 249 g/mol. The van der Waals surface area contributed by atoms with Crippen molar-refractivity contribution in [3.63, 3.8) is 0 Å². The number of hydrogen-bond acceptors (Lipinski definition) is 3. The first-order valence-corrected chi connectivity index (χ1v) is 6.76. The zero-order valence-corrected chi connectivity index (χ0v) is 12.7. The van der Waals surface area contributed by atoms with Crippen molar-refractivity contribution in [2.45, 2.75) is 54.4 Å². The molecule has 1 heterocycles. The monoisotopic (exact) mass is 249 g/mol. The highest BCUT2D eigenvalue weighted by molar-refractivity contribution is 5.25. The van der Waals surface area contributed by atoms with Crippen LogP contribution in [-0.4, -0.2) is 16.5 Å². The number of hydrogen-bond donors (Lipinski definition) is 1. The van der Waals surface area contributed by atoms with Crippen LogP contribution in [0.3, 0.4) is 0 Å². The van der Waals surface area contributed by atoms with Crippen LogP contribution in [0.5, 0.6) is 0 Å². The molecule has 1 atom stereocenters. The number of nitrogens with two attached hydrogens (primary N) is 1. The van der Waals surface area contributed by atoms with Gasteiger partial charge in [-0.25, -0.2) is 9.97 Å². The highest BCUT2D eigenvalue weighted by Gasteiger charge is 2.16. The molecule has 0 aromatic carbocycles. The van der Waals surface area contributed by atoms with E-state index in [4.69, 9.17) is 5.73 Å². The Labute approximate surface area is 111 Å². The molecule has 3 heteroatoms. The Balaban J connectivity index is 2.97. The predicted octanol–water partition coefficient (Wildman–Crippen LogP) is 2.82. The Morgan fingerprint density at radius 3 is 2.00 bits per heavy atom. The van der Waals surface area contributed by atoms with E-state index in [1.807, 2.05) is 0 Å². The van der Waals surface area contributed by atoms with E-state index in [0.29, 0.717) is 12.5 Å². The summed E-state index contributed by atoms with van der Waals surface area (Å²) in [6.07, 6.45) is 1.89. The number of aromatic nitrogens is 2. The maximum Gasteiger partial charge on any atom is 0.129 e. The Bertz CT molecular complexity index is 382. The molecule has 1 rings (SSSR count). The second-order valence-corrected chi connectivity index (χ2v) is 6.57. The fourth-order valence-electron chi connectivity index (χ4n) is 2.09. The third-order valence-electron chi connectivity index (χ3n) is 3.11. The van der Waals surface area contributed by atoms with E-state index in [-0.39, 0.29) is 5.41 Å². The molecule has 0 saturated carbocycles. The largest absolute Gasteiger partial charge is 0.330 e. The van der Waals surface area contributed by atoms with Gasteiger partial charge in [0.05, 0.1) is 0 Å². The molecule has 3 nitrogen and oxygen atoms in total. The zero-order chi connectivity index (χ0) is 13.9. The van der Waals surface area contributed by atoms with Crippen molar-refractivity contribution in [3.05, 3.63) is 22.8 Å². The Kier molecular flexibility index (Phi) is 4.85. The van der Waals surface area contributed by atoms with Gasteiger partial charge < -0.3 is 5.73 Å². The minimum atomic E-state index is 0.227. The van der Waals surface area contributed by atoms with Crippen molar-refractivity contribution in [3.8, 4) is 0 Å². The van der Waals surface area contributed by atoms with Crippen LogP contribution in [0.15, 0.2) is 0 Å². The molecule has 0 radical (unpaired) electrons. The van der Waals surface area contributed by atoms with Gasteiger partial charge in [0.1, 0.15) is 5.82 Å². The minimum Gasteiger partial charge on any atom is -0.330 e. The van der Waals surface area contributed by atoms with Gasteiger partial charge in [-0.05, 0) is 43.7 Å². The van der Waals surface area contributed by atoms with Gasteiger partial charge >= 0.3 is 0 Å². The molecule has 0 aliphatic carbocycles. The van der Waals surface area contributed by atoms with Crippen molar-refractivity contribution in [2.75, 3.05) is 6.54 Å². The first-order valence-electron chi connectivity index (χ1n) is 6.76. The highest BCUT2D eigenvalue weighted by atomic mass is 14.9. The van der Waals surface area contributed by atoms with Crippen LogP contribution in [-0.2, 0) is 12.8 Å². The molecule has 2 N–H and O–H groups in total. The summed E-state index contributed by atoms with van der Waals surface area (Å²) in [6.45, 7) is 13.7. The maximum absolute atomic E-state index is 5.69. The third kappa shape index (κ3) is 4.37. The Hall–Kier alpha value is -0.960. The average Bonchev–Trinajstić information content (AvgIpc) is 2.20. The summed E-state index contributed by atoms with van der Waals surface area (Å²) in [5.41, 5.74) is 9.41. The molecule has 0 fully saturated rings. The minimum absolute atomic E-state index is 0.227. The van der Waals surface area contributed by atoms with E-state index in [9.17, 15) is 0 Å². The highest BCUT2D eigenvalue weighted by Crippen LogP contribution is 2.21. The summed E-state index contributed by atoms with van der Waals surface area (Å²) < 4.78 is 0. The van der Waals surface area contributed by atoms with Gasteiger partial charge in [0.2, 0.25) is 0 Å². The van der Waals surface area contributed by atoms with Crippen molar-refractivity contribution in [1.82, 2.24) is 9.97 Å². The first kappa shape index (κ1) is 15.1. The summed E-state index contributed by atoms with van der Waals surface area (Å²) >= 11 is 0. The fraction of sp³-hybridized carbons (Fsp3) is 0.733. The standard InChI is InChI=1S/C15H27N3/c1-10(9-16)7-13-11(2)17-14(18-12(13)3)8-15(4,5)6/h10H,7-9,16H2,1-6H3. The smallest absolute Gasteiger partial charge is 0.129 e. The summed E-state index contributed by atoms with van der Waals surface area (Å²) in [4.78, 5) is 9.31. The molecule has 102 valence electrons. The fourth-order valence-corrected chi connectivity index (χ4v) is 2.09. The number of aryl methyl sites for hydroxylation is 2. The topological polar surface area (TPSA) is 51.8 Å². The maximum atomic E-state index is 5.69. The number of rotatable bonds is 4. The normalized spacial score (nSPS) is 13.7. The molecule has 0 bridgehead atoms. The predicted molar refractivity (Wildman–Crippen MR) is 76.6 cm³/mol. The van der Waals surface area contributed by atoms with Gasteiger partial charge in [-0.2, -0.15) is 0 Å². The van der Waals surface area contributed by atoms with Crippen molar-refractivity contribution in [2.24, 2.45) is 17.1 Å². The van der Waals surface area contributed by atoms with Crippen molar-refractivity contribution in [1.29, 1.82) is 0 Å². The van der Waals surface area contributed by atoms with E-state index >= 15 is 0 Å². The van der Waals surface area contributed by atoms with Gasteiger partial charge in [0, 0.05) is 17.8 Å². The lowest BCUT2D eigenvalue weighted by Crippen LogP contribution is -2.18. The molecule has 0 aliphatic heterocycles. The van der Waals surface area contributed by atoms with Crippen LogP contribution in [0, 0.1) is 25.2 Å². The lowest BCUT2D eigenvalue weighted by atomic mass is 9.91. The van der Waals surface area contributed by atoms with Gasteiger partial charge in [-0.3, -0.25) is 0 Å². The van der Waals surface area contributed by atoms with Crippen molar-refractivity contribution < 1.29 is 0 Å². The molecule has 18 heavy (non-hydrogen) atoms. The van der Waals surface area contributed by atoms with Gasteiger partial charge in [-0.15, -0.1) is 0 Å². The van der Waals surface area contributed by atoms with Crippen LogP contribution < -0.4 is 5.73 Å². The summed E-state index contributed by atoms with van der Waals surface area (Å²) in [6, 6.07) is 0. The second kappa shape index (κ2) is 5.79. The van der Waals surface area contributed by atoms with E-state index in [0.717, 1.165) is 30.1 Å². The second-order valence-electron chi connectivity index (χ2n) is 6.57. The summed E-state index contributed by atoms with van der Waals surface area (Å²) in [7, 11) is 0. The molecular formula is C15H27N3. The van der Waals surface area contributed by atoms with Crippen molar-refractivity contribution >= 4 is 0 Å². The van der Waals surface area contributed by atoms with Crippen LogP contribution >= 0.6 is 0 Å².